The molecule has 0 amide bonds. The summed E-state index contributed by atoms with van der Waals surface area (Å²) >= 11 is 0. The van der Waals surface area contributed by atoms with Gasteiger partial charge < -0.3 is 15.5 Å². The molecule has 5 heteroatoms. The molecule has 1 aromatic rings. The summed E-state index contributed by atoms with van der Waals surface area (Å²) in [5.41, 5.74) is 0.0949. The molecule has 1 unspecified atom stereocenters. The van der Waals surface area contributed by atoms with Crippen molar-refractivity contribution in [3.05, 3.63) is 35.4 Å². The maximum Gasteiger partial charge on any atom is 0.131 e. The molecule has 0 radical (unpaired) electrons. The van der Waals surface area contributed by atoms with Crippen LogP contribution < -0.4 is 5.32 Å². The lowest BCUT2D eigenvalue weighted by Gasteiger charge is -2.31. The minimum absolute atomic E-state index is 0.0949. The second kappa shape index (κ2) is 5.73. The maximum atomic E-state index is 13.4. The van der Waals surface area contributed by atoms with E-state index in [2.05, 4.69) is 5.32 Å². The summed E-state index contributed by atoms with van der Waals surface area (Å²) in [6.07, 6.45) is 0.356. The van der Waals surface area contributed by atoms with Crippen molar-refractivity contribution in [2.24, 2.45) is 5.92 Å². The molecule has 100 valence electrons. The van der Waals surface area contributed by atoms with Crippen molar-refractivity contribution >= 4 is 0 Å². The van der Waals surface area contributed by atoms with Crippen molar-refractivity contribution in [1.29, 1.82) is 0 Å². The van der Waals surface area contributed by atoms with Crippen LogP contribution in [0.25, 0.3) is 0 Å². The Bertz CT molecular complexity index is 408. The molecular weight excluding hydrogens is 240 g/mol. The van der Waals surface area contributed by atoms with E-state index in [0.717, 1.165) is 25.0 Å². The van der Waals surface area contributed by atoms with E-state index in [1.54, 1.807) is 0 Å². The van der Waals surface area contributed by atoms with E-state index in [9.17, 15) is 13.9 Å². The Hall–Kier alpha value is -1.04. The molecule has 0 spiro atoms. The number of aliphatic hydroxyl groups is 2. The van der Waals surface area contributed by atoms with Crippen LogP contribution in [-0.4, -0.2) is 29.4 Å². The van der Waals surface area contributed by atoms with E-state index in [4.69, 9.17) is 5.11 Å². The summed E-state index contributed by atoms with van der Waals surface area (Å²) < 4.78 is 26.1. The van der Waals surface area contributed by atoms with Gasteiger partial charge in [0.1, 0.15) is 11.6 Å². The molecule has 1 atom stereocenters. The lowest BCUT2D eigenvalue weighted by atomic mass is 9.82. The summed E-state index contributed by atoms with van der Waals surface area (Å²) in [6, 6.07) is 3.15. The van der Waals surface area contributed by atoms with Gasteiger partial charge in [-0.25, -0.2) is 8.78 Å². The smallest absolute Gasteiger partial charge is 0.131 e. The standard InChI is InChI=1S/C13H17F2NO2/c14-9-1-2-11(12(15)5-9)13(18)7-16-6-8-3-10(17)4-8/h1-2,5,8,10,13,16-18H,3-4,6-7H2. The van der Waals surface area contributed by atoms with E-state index >= 15 is 0 Å². The van der Waals surface area contributed by atoms with Crippen LogP contribution in [0.1, 0.15) is 24.5 Å². The van der Waals surface area contributed by atoms with E-state index in [-0.39, 0.29) is 18.2 Å². The predicted octanol–water partition coefficient (Wildman–Crippen LogP) is 1.36. The molecule has 3 N–H and O–H groups in total. The highest BCUT2D eigenvalue weighted by atomic mass is 19.1. The summed E-state index contributed by atoms with van der Waals surface area (Å²) in [7, 11) is 0. The van der Waals surface area contributed by atoms with Gasteiger partial charge in [0.05, 0.1) is 12.2 Å². The van der Waals surface area contributed by atoms with Crippen molar-refractivity contribution in [3.63, 3.8) is 0 Å². The molecule has 0 aliphatic heterocycles. The SMILES string of the molecule is OC1CC(CNCC(O)c2ccc(F)cc2F)C1. The molecule has 0 heterocycles. The zero-order valence-electron chi connectivity index (χ0n) is 9.94. The van der Waals surface area contributed by atoms with E-state index in [0.29, 0.717) is 12.5 Å². The first-order valence-electron chi connectivity index (χ1n) is 6.08. The minimum atomic E-state index is -0.990. The van der Waals surface area contributed by atoms with E-state index < -0.39 is 17.7 Å². The topological polar surface area (TPSA) is 52.5 Å². The number of hydrogen-bond acceptors (Lipinski definition) is 3. The molecule has 1 aliphatic rings. The third kappa shape index (κ3) is 3.25. The van der Waals surface area contributed by atoms with Gasteiger partial charge in [-0.05, 0) is 31.4 Å². The summed E-state index contributed by atoms with van der Waals surface area (Å²) in [5.74, 6) is -0.964. The lowest BCUT2D eigenvalue weighted by molar-refractivity contribution is 0.0414. The molecule has 0 aromatic heterocycles. The van der Waals surface area contributed by atoms with Crippen LogP contribution in [-0.2, 0) is 0 Å². The molecule has 3 nitrogen and oxygen atoms in total. The average molecular weight is 257 g/mol. The Labute approximate surface area is 104 Å². The van der Waals surface area contributed by atoms with Gasteiger partial charge in [0.15, 0.2) is 0 Å². The summed E-state index contributed by atoms with van der Waals surface area (Å²) in [4.78, 5) is 0. The van der Waals surface area contributed by atoms with Crippen molar-refractivity contribution in [2.75, 3.05) is 13.1 Å². The molecule has 1 aromatic carbocycles. The van der Waals surface area contributed by atoms with Crippen molar-refractivity contribution < 1.29 is 19.0 Å². The fourth-order valence-corrected chi connectivity index (χ4v) is 2.17. The molecule has 0 saturated heterocycles. The second-order valence-corrected chi connectivity index (χ2v) is 4.83. The van der Waals surface area contributed by atoms with E-state index in [1.807, 2.05) is 0 Å². The van der Waals surface area contributed by atoms with Crippen LogP contribution in [0.2, 0.25) is 0 Å². The van der Waals surface area contributed by atoms with Crippen LogP contribution in [0.15, 0.2) is 18.2 Å². The third-order valence-electron chi connectivity index (χ3n) is 3.30. The van der Waals surface area contributed by atoms with Gasteiger partial charge in [-0.1, -0.05) is 6.07 Å². The first-order chi connectivity index (χ1) is 8.56. The number of aliphatic hydroxyl groups excluding tert-OH is 2. The van der Waals surface area contributed by atoms with Crippen molar-refractivity contribution in [3.8, 4) is 0 Å². The zero-order valence-corrected chi connectivity index (χ0v) is 9.94. The molecule has 0 bridgehead atoms. The van der Waals surface area contributed by atoms with Crippen molar-refractivity contribution in [2.45, 2.75) is 25.0 Å². The Kier molecular flexibility index (Phi) is 4.27. The van der Waals surface area contributed by atoms with Gasteiger partial charge in [-0.2, -0.15) is 0 Å². The molecule has 18 heavy (non-hydrogen) atoms. The molecule has 2 rings (SSSR count). The average Bonchev–Trinajstić information content (AvgIpc) is 2.26. The van der Waals surface area contributed by atoms with Crippen LogP contribution in [0.5, 0.6) is 0 Å². The van der Waals surface area contributed by atoms with Gasteiger partial charge in [-0.3, -0.25) is 0 Å². The van der Waals surface area contributed by atoms with Crippen LogP contribution in [0, 0.1) is 17.6 Å². The number of nitrogens with one attached hydrogen (secondary N) is 1. The number of benzene rings is 1. The highest BCUT2D eigenvalue weighted by Gasteiger charge is 2.26. The fraction of sp³-hybridized carbons (Fsp3) is 0.538. The fourth-order valence-electron chi connectivity index (χ4n) is 2.17. The normalized spacial score (nSPS) is 24.7. The Balaban J connectivity index is 1.78. The Morgan fingerprint density at radius 3 is 2.67 bits per heavy atom. The van der Waals surface area contributed by atoms with Gasteiger partial charge in [-0.15, -0.1) is 0 Å². The maximum absolute atomic E-state index is 13.4. The first kappa shape index (κ1) is 13.4. The molecule has 1 saturated carbocycles. The van der Waals surface area contributed by atoms with E-state index in [1.165, 1.54) is 6.07 Å². The summed E-state index contributed by atoms with van der Waals surface area (Å²) in [5, 5.41) is 21.9. The van der Waals surface area contributed by atoms with Gasteiger partial charge in [0.2, 0.25) is 0 Å². The Morgan fingerprint density at radius 1 is 1.33 bits per heavy atom. The van der Waals surface area contributed by atoms with Crippen molar-refractivity contribution in [1.82, 2.24) is 5.32 Å². The highest BCUT2D eigenvalue weighted by Crippen LogP contribution is 2.26. The minimum Gasteiger partial charge on any atom is -0.393 e. The monoisotopic (exact) mass is 257 g/mol. The number of hydrogen-bond donors (Lipinski definition) is 3. The van der Waals surface area contributed by atoms with Gasteiger partial charge in [0, 0.05) is 18.2 Å². The first-order valence-corrected chi connectivity index (χ1v) is 6.08. The lowest BCUT2D eigenvalue weighted by Crippen LogP contribution is -2.37. The van der Waals surface area contributed by atoms with Gasteiger partial charge in [0.25, 0.3) is 0 Å². The van der Waals surface area contributed by atoms with Crippen LogP contribution in [0.3, 0.4) is 0 Å². The number of rotatable bonds is 5. The largest absolute Gasteiger partial charge is 0.393 e. The summed E-state index contributed by atoms with van der Waals surface area (Å²) in [6.45, 7) is 0.909. The second-order valence-electron chi connectivity index (χ2n) is 4.83. The quantitative estimate of drug-likeness (QED) is 0.746. The molecule has 1 aliphatic carbocycles. The number of halogens is 2. The molecule has 1 fully saturated rings. The van der Waals surface area contributed by atoms with Crippen LogP contribution >= 0.6 is 0 Å². The molecular formula is C13H17F2NO2. The van der Waals surface area contributed by atoms with Gasteiger partial charge >= 0.3 is 0 Å². The zero-order chi connectivity index (χ0) is 13.1. The predicted molar refractivity (Wildman–Crippen MR) is 62.9 cm³/mol. The Morgan fingerprint density at radius 2 is 2.06 bits per heavy atom. The third-order valence-corrected chi connectivity index (χ3v) is 3.30. The highest BCUT2D eigenvalue weighted by molar-refractivity contribution is 5.21. The van der Waals surface area contributed by atoms with Crippen LogP contribution in [0.4, 0.5) is 8.78 Å².